The number of hydrogen-bond acceptors (Lipinski definition) is 4. The van der Waals surface area contributed by atoms with Crippen molar-refractivity contribution in [3.05, 3.63) is 71.3 Å². The zero-order valence-corrected chi connectivity index (χ0v) is 17.8. The summed E-state index contributed by atoms with van der Waals surface area (Å²) >= 11 is 0. The number of hydrogen-bond donors (Lipinski definition) is 2. The highest BCUT2D eigenvalue weighted by molar-refractivity contribution is 7.89. The zero-order chi connectivity index (χ0) is 21.7. The Kier molecular flexibility index (Phi) is 6.69. The summed E-state index contributed by atoms with van der Waals surface area (Å²) in [7, 11) is -0.0853. The van der Waals surface area contributed by atoms with Crippen molar-refractivity contribution in [1.29, 1.82) is 0 Å². The predicted molar refractivity (Wildman–Crippen MR) is 115 cm³/mol. The molecule has 158 valence electrons. The fourth-order valence-corrected chi connectivity index (χ4v) is 4.00. The Morgan fingerprint density at radius 1 is 1.03 bits per heavy atom. The van der Waals surface area contributed by atoms with Gasteiger partial charge in [0.15, 0.2) is 0 Å². The van der Waals surface area contributed by atoms with Crippen molar-refractivity contribution < 1.29 is 18.0 Å². The minimum atomic E-state index is -3.47. The van der Waals surface area contributed by atoms with Crippen molar-refractivity contribution in [2.75, 3.05) is 14.1 Å². The second-order valence-corrected chi connectivity index (χ2v) is 9.13. The molecule has 1 fully saturated rings. The quantitative estimate of drug-likeness (QED) is 0.631. The van der Waals surface area contributed by atoms with Gasteiger partial charge in [0, 0.05) is 38.3 Å². The van der Waals surface area contributed by atoms with Crippen LogP contribution < -0.4 is 10.0 Å². The van der Waals surface area contributed by atoms with E-state index in [9.17, 15) is 18.0 Å². The molecular weight excluding hydrogens is 402 g/mol. The Morgan fingerprint density at radius 2 is 1.67 bits per heavy atom. The molecule has 2 amide bonds. The molecule has 0 spiro atoms. The highest BCUT2D eigenvalue weighted by atomic mass is 32.2. The van der Waals surface area contributed by atoms with Crippen LogP contribution in [0.1, 0.15) is 34.3 Å². The summed E-state index contributed by atoms with van der Waals surface area (Å²) in [5, 5.41) is 2.78. The van der Waals surface area contributed by atoms with Gasteiger partial charge >= 0.3 is 0 Å². The van der Waals surface area contributed by atoms with Gasteiger partial charge in [-0.25, -0.2) is 13.1 Å². The van der Waals surface area contributed by atoms with Crippen LogP contribution in [-0.4, -0.2) is 45.3 Å². The molecule has 1 aliphatic carbocycles. The van der Waals surface area contributed by atoms with Gasteiger partial charge in [0.05, 0.1) is 4.90 Å². The molecule has 0 aromatic heterocycles. The molecular formula is C22H25N3O4S. The van der Waals surface area contributed by atoms with Crippen molar-refractivity contribution in [3.63, 3.8) is 0 Å². The van der Waals surface area contributed by atoms with E-state index >= 15 is 0 Å². The van der Waals surface area contributed by atoms with Crippen LogP contribution in [0.3, 0.4) is 0 Å². The molecule has 2 aromatic rings. The summed E-state index contributed by atoms with van der Waals surface area (Å²) in [6.45, 7) is 0.337. The lowest BCUT2D eigenvalue weighted by atomic mass is 10.1. The predicted octanol–water partition coefficient (Wildman–Crippen LogP) is 2.16. The number of carbonyl (C=O) groups is 2. The normalized spacial score (nSPS) is 13.9. The first kappa shape index (κ1) is 21.7. The first-order valence-electron chi connectivity index (χ1n) is 9.63. The van der Waals surface area contributed by atoms with Crippen molar-refractivity contribution >= 4 is 27.9 Å². The zero-order valence-electron chi connectivity index (χ0n) is 17.0. The fourth-order valence-electron chi connectivity index (χ4n) is 2.69. The molecule has 0 unspecified atom stereocenters. The summed E-state index contributed by atoms with van der Waals surface area (Å²) in [6, 6.07) is 13.5. The molecule has 8 heteroatoms. The SMILES string of the molecule is CN(C)C(=O)c1ccc(CNC(=O)/C=C/c2ccc(S(=O)(=O)NC3CC3)cc2)cc1. The number of nitrogens with one attached hydrogen (secondary N) is 2. The molecule has 1 saturated carbocycles. The molecule has 0 heterocycles. The third-order valence-corrected chi connectivity index (χ3v) is 6.13. The summed E-state index contributed by atoms with van der Waals surface area (Å²) in [4.78, 5) is 25.6. The molecule has 30 heavy (non-hydrogen) atoms. The first-order chi connectivity index (χ1) is 14.2. The minimum absolute atomic E-state index is 0.0583. The monoisotopic (exact) mass is 427 g/mol. The van der Waals surface area contributed by atoms with E-state index in [2.05, 4.69) is 10.0 Å². The lowest BCUT2D eigenvalue weighted by Gasteiger charge is -2.10. The molecule has 0 atom stereocenters. The lowest BCUT2D eigenvalue weighted by molar-refractivity contribution is -0.116. The topological polar surface area (TPSA) is 95.6 Å². The fraction of sp³-hybridized carbons (Fsp3) is 0.273. The Hall–Kier alpha value is -2.97. The molecule has 2 N–H and O–H groups in total. The summed E-state index contributed by atoms with van der Waals surface area (Å²) in [5.41, 5.74) is 2.19. The van der Waals surface area contributed by atoms with E-state index in [-0.39, 0.29) is 22.8 Å². The number of sulfonamides is 1. The maximum absolute atomic E-state index is 12.2. The van der Waals surface area contributed by atoms with Gasteiger partial charge in [-0.2, -0.15) is 0 Å². The number of amides is 2. The average Bonchev–Trinajstić information content (AvgIpc) is 3.54. The van der Waals surface area contributed by atoms with Crippen molar-refractivity contribution in [2.45, 2.75) is 30.3 Å². The van der Waals surface area contributed by atoms with Crippen LogP contribution in [-0.2, 0) is 21.4 Å². The lowest BCUT2D eigenvalue weighted by Crippen LogP contribution is -2.25. The van der Waals surface area contributed by atoms with Gasteiger partial charge in [-0.1, -0.05) is 24.3 Å². The van der Waals surface area contributed by atoms with Crippen LogP contribution in [0.25, 0.3) is 6.08 Å². The van der Waals surface area contributed by atoms with E-state index in [1.54, 1.807) is 56.6 Å². The molecule has 0 radical (unpaired) electrons. The van der Waals surface area contributed by atoms with E-state index in [0.29, 0.717) is 12.1 Å². The van der Waals surface area contributed by atoms with Crippen LogP contribution in [0.5, 0.6) is 0 Å². The van der Waals surface area contributed by atoms with Gasteiger partial charge in [0.2, 0.25) is 15.9 Å². The highest BCUT2D eigenvalue weighted by Crippen LogP contribution is 2.22. The van der Waals surface area contributed by atoms with Crippen LogP contribution in [0.15, 0.2) is 59.5 Å². The number of carbonyl (C=O) groups excluding carboxylic acids is 2. The smallest absolute Gasteiger partial charge is 0.253 e. The Morgan fingerprint density at radius 3 is 2.23 bits per heavy atom. The molecule has 0 aliphatic heterocycles. The van der Waals surface area contributed by atoms with Crippen LogP contribution in [0.4, 0.5) is 0 Å². The third kappa shape index (κ3) is 6.01. The molecule has 7 nitrogen and oxygen atoms in total. The molecule has 0 bridgehead atoms. The van der Waals surface area contributed by atoms with E-state index < -0.39 is 10.0 Å². The maximum Gasteiger partial charge on any atom is 0.253 e. The molecule has 3 rings (SSSR count). The Balaban J connectivity index is 1.51. The first-order valence-corrected chi connectivity index (χ1v) is 11.1. The maximum atomic E-state index is 12.2. The second kappa shape index (κ2) is 9.23. The van der Waals surface area contributed by atoms with E-state index in [0.717, 1.165) is 24.0 Å². The summed E-state index contributed by atoms with van der Waals surface area (Å²) in [6.07, 6.45) is 4.79. The van der Waals surface area contributed by atoms with Gasteiger partial charge < -0.3 is 10.2 Å². The van der Waals surface area contributed by atoms with Crippen LogP contribution in [0.2, 0.25) is 0 Å². The molecule has 2 aromatic carbocycles. The Bertz CT molecular complexity index is 1040. The van der Waals surface area contributed by atoms with E-state index in [1.165, 1.54) is 23.1 Å². The molecule has 1 aliphatic rings. The van der Waals surface area contributed by atoms with Gasteiger partial charge in [0.25, 0.3) is 5.91 Å². The van der Waals surface area contributed by atoms with E-state index in [1.807, 2.05) is 0 Å². The van der Waals surface area contributed by atoms with Crippen molar-refractivity contribution in [2.24, 2.45) is 0 Å². The van der Waals surface area contributed by atoms with Gasteiger partial charge in [-0.3, -0.25) is 9.59 Å². The number of benzene rings is 2. The Labute approximate surface area is 176 Å². The largest absolute Gasteiger partial charge is 0.348 e. The standard InChI is InChI=1S/C22H25N3O4S/c1-25(2)22(27)18-8-3-17(4-9-18)15-23-21(26)14-7-16-5-12-20(13-6-16)30(28,29)24-19-10-11-19/h3-9,12-14,19,24H,10-11,15H2,1-2H3,(H,23,26)/b14-7+. The van der Waals surface area contributed by atoms with Crippen molar-refractivity contribution in [3.8, 4) is 0 Å². The van der Waals surface area contributed by atoms with Gasteiger partial charge in [-0.05, 0) is 54.3 Å². The summed E-state index contributed by atoms with van der Waals surface area (Å²) in [5.74, 6) is -0.341. The van der Waals surface area contributed by atoms with Gasteiger partial charge in [0.1, 0.15) is 0 Å². The third-order valence-electron chi connectivity index (χ3n) is 4.59. The number of nitrogens with zero attached hydrogens (tertiary/aromatic N) is 1. The second-order valence-electron chi connectivity index (χ2n) is 7.41. The highest BCUT2D eigenvalue weighted by Gasteiger charge is 2.27. The summed E-state index contributed by atoms with van der Waals surface area (Å²) < 4.78 is 26.9. The van der Waals surface area contributed by atoms with Crippen LogP contribution in [0, 0.1) is 0 Å². The van der Waals surface area contributed by atoms with Crippen LogP contribution >= 0.6 is 0 Å². The number of rotatable bonds is 8. The van der Waals surface area contributed by atoms with E-state index in [4.69, 9.17) is 0 Å². The average molecular weight is 428 g/mol. The van der Waals surface area contributed by atoms with Crippen molar-refractivity contribution in [1.82, 2.24) is 14.9 Å². The minimum Gasteiger partial charge on any atom is -0.348 e. The van der Waals surface area contributed by atoms with Gasteiger partial charge in [-0.15, -0.1) is 0 Å². The molecule has 0 saturated heterocycles.